The maximum atomic E-state index is 12.5. The summed E-state index contributed by atoms with van der Waals surface area (Å²) in [5.41, 5.74) is 5.27. The molecule has 0 saturated carbocycles. The largest absolute Gasteiger partial charge is 0.489 e. The van der Waals surface area contributed by atoms with E-state index in [2.05, 4.69) is 35.1 Å². The molecule has 0 aliphatic heterocycles. The lowest BCUT2D eigenvalue weighted by Gasteiger charge is -2.09. The monoisotopic (exact) mass is 368 g/mol. The minimum atomic E-state index is -0.0502. The molecule has 0 unspecified atom stereocenters. The van der Waals surface area contributed by atoms with Gasteiger partial charge in [0.05, 0.1) is 10.9 Å². The highest BCUT2D eigenvalue weighted by Crippen LogP contribution is 2.36. The second-order valence-corrected chi connectivity index (χ2v) is 7.20. The van der Waals surface area contributed by atoms with Crippen molar-refractivity contribution in [2.45, 2.75) is 20.5 Å². The third-order valence-electron chi connectivity index (χ3n) is 5.51. The molecule has 4 heteroatoms. The normalized spacial score (nSPS) is 11.5. The molecule has 2 heterocycles. The molecule has 0 amide bonds. The van der Waals surface area contributed by atoms with Gasteiger partial charge in [-0.15, -0.1) is 0 Å². The van der Waals surface area contributed by atoms with Gasteiger partial charge in [-0.05, 0) is 60.2 Å². The second-order valence-electron chi connectivity index (χ2n) is 7.20. The van der Waals surface area contributed by atoms with Crippen LogP contribution >= 0.6 is 0 Å². The Bertz CT molecular complexity index is 1400. The molecule has 2 aromatic heterocycles. The highest BCUT2D eigenvalue weighted by molar-refractivity contribution is 6.16. The predicted molar refractivity (Wildman–Crippen MR) is 114 cm³/mol. The molecular formula is C24H20N2O2. The topological polar surface area (TPSA) is 57.9 Å². The summed E-state index contributed by atoms with van der Waals surface area (Å²) >= 11 is 0. The van der Waals surface area contributed by atoms with Gasteiger partial charge in [-0.3, -0.25) is 4.79 Å². The van der Waals surface area contributed by atoms with Gasteiger partial charge >= 0.3 is 0 Å². The zero-order chi connectivity index (χ0) is 19.3. The predicted octanol–water partition coefficient (Wildman–Crippen LogP) is 5.36. The summed E-state index contributed by atoms with van der Waals surface area (Å²) in [6.07, 6.45) is 1.71. The Morgan fingerprint density at radius 2 is 1.71 bits per heavy atom. The number of aryl methyl sites for hydroxylation is 2. The molecular weight excluding hydrogens is 348 g/mol. The Morgan fingerprint density at radius 1 is 0.893 bits per heavy atom. The van der Waals surface area contributed by atoms with Gasteiger partial charge < -0.3 is 14.7 Å². The van der Waals surface area contributed by atoms with Gasteiger partial charge in [-0.1, -0.05) is 30.3 Å². The lowest BCUT2D eigenvalue weighted by atomic mass is 9.97. The molecule has 138 valence electrons. The molecule has 0 spiro atoms. The molecule has 2 N–H and O–H groups in total. The van der Waals surface area contributed by atoms with Crippen LogP contribution in [0.2, 0.25) is 0 Å². The summed E-state index contributed by atoms with van der Waals surface area (Å²) in [6.45, 7) is 4.60. The first-order valence-electron chi connectivity index (χ1n) is 9.36. The zero-order valence-electron chi connectivity index (χ0n) is 15.8. The first-order valence-corrected chi connectivity index (χ1v) is 9.36. The summed E-state index contributed by atoms with van der Waals surface area (Å²) in [4.78, 5) is 18.8. The van der Waals surface area contributed by atoms with Crippen molar-refractivity contribution in [3.8, 4) is 5.75 Å². The number of hydrogen-bond acceptors (Lipinski definition) is 2. The Hall–Kier alpha value is -3.53. The van der Waals surface area contributed by atoms with E-state index in [0.717, 1.165) is 55.0 Å². The van der Waals surface area contributed by atoms with Crippen molar-refractivity contribution in [2.75, 3.05) is 0 Å². The zero-order valence-corrected chi connectivity index (χ0v) is 15.8. The minimum Gasteiger partial charge on any atom is -0.489 e. The summed E-state index contributed by atoms with van der Waals surface area (Å²) in [7, 11) is 0. The van der Waals surface area contributed by atoms with Crippen LogP contribution in [-0.4, -0.2) is 9.97 Å². The Labute approximate surface area is 161 Å². The van der Waals surface area contributed by atoms with Gasteiger partial charge in [-0.25, -0.2) is 0 Å². The third kappa shape index (κ3) is 2.49. The van der Waals surface area contributed by atoms with Crippen molar-refractivity contribution in [3.63, 3.8) is 0 Å². The maximum absolute atomic E-state index is 12.5. The number of fused-ring (bicyclic) bond motifs is 4. The lowest BCUT2D eigenvalue weighted by molar-refractivity contribution is 0.306. The average Bonchev–Trinajstić information content (AvgIpc) is 3.10. The summed E-state index contributed by atoms with van der Waals surface area (Å²) in [5.74, 6) is 0.816. The van der Waals surface area contributed by atoms with Gasteiger partial charge in [0.1, 0.15) is 12.4 Å². The molecule has 0 radical (unpaired) electrons. The fraction of sp³-hybridized carbons (Fsp3) is 0.125. The molecule has 0 bridgehead atoms. The minimum absolute atomic E-state index is 0.0502. The first kappa shape index (κ1) is 16.6. The van der Waals surface area contributed by atoms with Gasteiger partial charge in [0.15, 0.2) is 0 Å². The highest BCUT2D eigenvalue weighted by atomic mass is 16.5. The van der Waals surface area contributed by atoms with E-state index in [1.165, 1.54) is 0 Å². The third-order valence-corrected chi connectivity index (χ3v) is 5.51. The van der Waals surface area contributed by atoms with Crippen LogP contribution < -0.4 is 10.3 Å². The van der Waals surface area contributed by atoms with Crippen molar-refractivity contribution < 1.29 is 4.74 Å². The van der Waals surface area contributed by atoms with Crippen LogP contribution in [0.4, 0.5) is 0 Å². The molecule has 0 atom stereocenters. The molecule has 0 fully saturated rings. The number of aromatic nitrogens is 2. The van der Waals surface area contributed by atoms with Crippen LogP contribution in [0.25, 0.3) is 32.6 Å². The Kier molecular flexibility index (Phi) is 3.72. The number of pyridine rings is 1. The first-order chi connectivity index (χ1) is 13.6. The van der Waals surface area contributed by atoms with E-state index in [1.54, 1.807) is 6.20 Å². The van der Waals surface area contributed by atoms with Crippen LogP contribution in [0, 0.1) is 13.8 Å². The summed E-state index contributed by atoms with van der Waals surface area (Å²) in [5, 5.41) is 3.90. The van der Waals surface area contributed by atoms with E-state index < -0.39 is 0 Å². The number of rotatable bonds is 3. The van der Waals surface area contributed by atoms with Crippen molar-refractivity contribution in [1.82, 2.24) is 9.97 Å². The van der Waals surface area contributed by atoms with Crippen LogP contribution in [-0.2, 0) is 6.61 Å². The number of benzene rings is 3. The molecule has 0 aliphatic carbocycles. The van der Waals surface area contributed by atoms with Crippen molar-refractivity contribution >= 4 is 32.6 Å². The molecule has 3 aromatic carbocycles. The van der Waals surface area contributed by atoms with E-state index in [4.69, 9.17) is 4.74 Å². The molecule has 5 aromatic rings. The quantitative estimate of drug-likeness (QED) is 0.450. The summed E-state index contributed by atoms with van der Waals surface area (Å²) < 4.78 is 6.02. The van der Waals surface area contributed by atoms with Crippen LogP contribution in [0.1, 0.15) is 16.7 Å². The van der Waals surface area contributed by atoms with Crippen LogP contribution in [0.15, 0.2) is 65.6 Å². The maximum Gasteiger partial charge on any atom is 0.256 e. The van der Waals surface area contributed by atoms with Crippen molar-refractivity contribution in [3.05, 3.63) is 87.8 Å². The van der Waals surface area contributed by atoms with E-state index in [1.807, 2.05) is 43.3 Å². The molecule has 4 nitrogen and oxygen atoms in total. The molecule has 0 aliphatic rings. The van der Waals surface area contributed by atoms with Gasteiger partial charge in [0.2, 0.25) is 0 Å². The lowest BCUT2D eigenvalue weighted by Crippen LogP contribution is -2.07. The SMILES string of the molecule is Cc1c2cc[nH]c(=O)c2c(C)c2c1[nH]c1ccc(OCc3ccccc3)cc12. The highest BCUT2D eigenvalue weighted by Gasteiger charge is 2.16. The number of ether oxygens (including phenoxy) is 1. The fourth-order valence-corrected chi connectivity index (χ4v) is 4.10. The van der Waals surface area contributed by atoms with Crippen LogP contribution in [0.3, 0.4) is 0 Å². The van der Waals surface area contributed by atoms with Gasteiger partial charge in [-0.2, -0.15) is 0 Å². The van der Waals surface area contributed by atoms with Gasteiger partial charge in [0, 0.05) is 22.5 Å². The van der Waals surface area contributed by atoms with Gasteiger partial charge in [0.25, 0.3) is 5.56 Å². The number of H-pyrrole nitrogens is 2. The van der Waals surface area contributed by atoms with E-state index in [-0.39, 0.29) is 5.56 Å². The standard InChI is InChI=1S/C24H20N2O2/c1-14-18-10-11-25-24(27)22(18)15(2)21-19-12-17(8-9-20(19)26-23(14)21)28-13-16-6-4-3-5-7-16/h3-12,26H,13H2,1-2H3,(H,25,27). The second kappa shape index (κ2) is 6.27. The Morgan fingerprint density at radius 3 is 2.54 bits per heavy atom. The van der Waals surface area contributed by atoms with Crippen molar-refractivity contribution in [1.29, 1.82) is 0 Å². The Balaban J connectivity index is 1.70. The number of nitrogens with one attached hydrogen (secondary N) is 2. The molecule has 0 saturated heterocycles. The van der Waals surface area contributed by atoms with Crippen LogP contribution in [0.5, 0.6) is 5.75 Å². The van der Waals surface area contributed by atoms with E-state index in [9.17, 15) is 4.79 Å². The number of hydrogen-bond donors (Lipinski definition) is 2. The fourth-order valence-electron chi connectivity index (χ4n) is 4.10. The van der Waals surface area contributed by atoms with Crippen molar-refractivity contribution in [2.24, 2.45) is 0 Å². The summed E-state index contributed by atoms with van der Waals surface area (Å²) in [6, 6.07) is 18.2. The van der Waals surface area contributed by atoms with E-state index >= 15 is 0 Å². The van der Waals surface area contributed by atoms with E-state index in [0.29, 0.717) is 6.61 Å². The molecule has 28 heavy (non-hydrogen) atoms. The molecule has 5 rings (SSSR count). The number of aromatic amines is 2. The average molecular weight is 368 g/mol. The smallest absolute Gasteiger partial charge is 0.256 e.